The minimum absolute atomic E-state index is 0.819. The average molecular weight is 523 g/mol. The highest BCUT2D eigenvalue weighted by Gasteiger charge is 2.09. The van der Waals surface area contributed by atoms with E-state index in [-0.39, 0.29) is 0 Å². The molecule has 40 heavy (non-hydrogen) atoms. The SMILES string of the molecule is COc1ccc(-n2c3ccc2cc2nc(cc4ccc(cc5nc(c3)C=C5)n4-c3ccc(OC)cc3)C=C2)cc1. The molecule has 5 heterocycles. The second-order valence-corrected chi connectivity index (χ2v) is 9.60. The second-order valence-electron chi connectivity index (χ2n) is 9.60. The number of hydrogen-bond donors (Lipinski definition) is 0. The summed E-state index contributed by atoms with van der Waals surface area (Å²) in [5.41, 5.74) is 9.72. The van der Waals surface area contributed by atoms with E-state index in [1.165, 1.54) is 0 Å². The summed E-state index contributed by atoms with van der Waals surface area (Å²) in [6.45, 7) is 0. The zero-order chi connectivity index (χ0) is 27.1. The maximum atomic E-state index is 5.38. The highest BCUT2D eigenvalue weighted by molar-refractivity contribution is 5.80. The molecule has 0 saturated heterocycles. The summed E-state index contributed by atoms with van der Waals surface area (Å²) >= 11 is 0. The molecule has 0 fully saturated rings. The van der Waals surface area contributed by atoms with Crippen molar-refractivity contribution >= 4 is 46.4 Å². The Kier molecular flexibility index (Phi) is 5.78. The van der Waals surface area contributed by atoms with Gasteiger partial charge in [-0.05, 0) is 121 Å². The molecule has 0 aliphatic carbocycles. The fraction of sp³-hybridized carbons (Fsp3) is 0.0588. The second kappa shape index (κ2) is 9.75. The fourth-order valence-corrected chi connectivity index (χ4v) is 5.16. The summed E-state index contributed by atoms with van der Waals surface area (Å²) in [5, 5.41) is 0. The van der Waals surface area contributed by atoms with Crippen molar-refractivity contribution in [3.05, 3.63) is 120 Å². The summed E-state index contributed by atoms with van der Waals surface area (Å²) < 4.78 is 15.2. The molecular weight excluding hydrogens is 496 g/mol. The molecule has 0 saturated carbocycles. The van der Waals surface area contributed by atoms with Gasteiger partial charge in [-0.15, -0.1) is 0 Å². The lowest BCUT2D eigenvalue weighted by atomic mass is 10.2. The van der Waals surface area contributed by atoms with Crippen molar-refractivity contribution in [2.24, 2.45) is 0 Å². The summed E-state index contributed by atoms with van der Waals surface area (Å²) in [4.78, 5) is 9.86. The van der Waals surface area contributed by atoms with E-state index < -0.39 is 0 Å². The molecule has 194 valence electrons. The Balaban J connectivity index is 1.51. The van der Waals surface area contributed by atoms with Gasteiger partial charge in [0.25, 0.3) is 0 Å². The molecule has 2 aliphatic rings. The van der Waals surface area contributed by atoms with E-state index in [1.807, 2.05) is 24.3 Å². The van der Waals surface area contributed by atoms with Crippen molar-refractivity contribution in [3.8, 4) is 22.9 Å². The number of fused-ring (bicyclic) bond motifs is 8. The molecule has 8 bridgehead atoms. The summed E-state index contributed by atoms with van der Waals surface area (Å²) in [7, 11) is 3.36. The van der Waals surface area contributed by atoms with Crippen molar-refractivity contribution in [1.82, 2.24) is 19.1 Å². The summed E-state index contributed by atoms with van der Waals surface area (Å²) in [5.74, 6) is 1.64. The van der Waals surface area contributed by atoms with E-state index in [1.54, 1.807) is 14.2 Å². The first-order valence-electron chi connectivity index (χ1n) is 13.1. The lowest BCUT2D eigenvalue weighted by molar-refractivity contribution is 0.414. The standard InChI is InChI=1S/C34H26N4O2/c1-39-33-15-11-27(12-16-33)37-29-7-8-30(37)20-24-4-6-26(36-24)22-32-10-9-31(21-25-5-3-23(19-29)35-25)38(32)28-13-17-34(40-2)18-14-28/h3-22H,1-2H3. The first-order valence-corrected chi connectivity index (χ1v) is 13.1. The van der Waals surface area contributed by atoms with Gasteiger partial charge in [0.15, 0.2) is 0 Å². The van der Waals surface area contributed by atoms with Gasteiger partial charge in [-0.3, -0.25) is 0 Å². The van der Waals surface area contributed by atoms with Crippen molar-refractivity contribution in [2.75, 3.05) is 14.2 Å². The monoisotopic (exact) mass is 522 g/mol. The van der Waals surface area contributed by atoms with Gasteiger partial charge in [-0.25, -0.2) is 9.97 Å². The van der Waals surface area contributed by atoms with Crippen LogP contribution in [0.3, 0.4) is 0 Å². The molecule has 2 aliphatic heterocycles. The Hall–Kier alpha value is -5.36. The van der Waals surface area contributed by atoms with Gasteiger partial charge in [-0.1, -0.05) is 0 Å². The maximum absolute atomic E-state index is 5.38. The third-order valence-electron chi connectivity index (χ3n) is 7.09. The van der Waals surface area contributed by atoms with Gasteiger partial charge < -0.3 is 18.6 Å². The Morgan fingerprint density at radius 1 is 0.425 bits per heavy atom. The lowest BCUT2D eigenvalue weighted by Crippen LogP contribution is -1.94. The van der Waals surface area contributed by atoms with Crippen molar-refractivity contribution in [3.63, 3.8) is 0 Å². The Bertz CT molecular complexity index is 1730. The third kappa shape index (κ3) is 4.35. The van der Waals surface area contributed by atoms with Gasteiger partial charge in [0, 0.05) is 33.4 Å². The number of rotatable bonds is 4. The molecule has 7 rings (SSSR count). The predicted molar refractivity (Wildman–Crippen MR) is 162 cm³/mol. The first-order chi connectivity index (χ1) is 19.7. The van der Waals surface area contributed by atoms with E-state index in [2.05, 4.69) is 106 Å². The lowest BCUT2D eigenvalue weighted by Gasteiger charge is -2.08. The van der Waals surface area contributed by atoms with Crippen LogP contribution < -0.4 is 9.47 Å². The third-order valence-corrected chi connectivity index (χ3v) is 7.09. The largest absolute Gasteiger partial charge is 0.497 e. The molecule has 0 N–H and O–H groups in total. The van der Waals surface area contributed by atoms with Crippen LogP contribution in [0, 0.1) is 0 Å². The molecule has 0 spiro atoms. The van der Waals surface area contributed by atoms with Crippen molar-refractivity contribution < 1.29 is 9.47 Å². The van der Waals surface area contributed by atoms with E-state index in [0.29, 0.717) is 0 Å². The van der Waals surface area contributed by atoms with E-state index in [0.717, 1.165) is 67.7 Å². The van der Waals surface area contributed by atoms with Gasteiger partial charge in [0.1, 0.15) is 11.5 Å². The Morgan fingerprint density at radius 2 is 0.725 bits per heavy atom. The van der Waals surface area contributed by atoms with Crippen LogP contribution in [0.5, 0.6) is 11.5 Å². The molecule has 0 radical (unpaired) electrons. The molecule has 0 atom stereocenters. The molecule has 2 aromatic carbocycles. The molecule has 3 aromatic heterocycles. The highest BCUT2D eigenvalue weighted by Crippen LogP contribution is 2.26. The number of methoxy groups -OCH3 is 2. The molecule has 6 heteroatoms. The van der Waals surface area contributed by atoms with E-state index in [9.17, 15) is 0 Å². The van der Waals surface area contributed by atoms with Gasteiger partial charge in [-0.2, -0.15) is 0 Å². The molecule has 0 amide bonds. The number of nitrogens with zero attached hydrogens (tertiary/aromatic N) is 4. The molecular formula is C34H26N4O2. The minimum atomic E-state index is 0.819. The quantitative estimate of drug-likeness (QED) is 0.239. The van der Waals surface area contributed by atoms with Crippen LogP contribution in [0.15, 0.2) is 97.1 Å². The zero-order valence-corrected chi connectivity index (χ0v) is 22.2. The average Bonchev–Trinajstić information content (AvgIpc) is 3.78. The smallest absolute Gasteiger partial charge is 0.119 e. The Morgan fingerprint density at radius 3 is 1.00 bits per heavy atom. The van der Waals surface area contributed by atoms with Crippen LogP contribution in [0.25, 0.3) is 57.7 Å². The molecule has 5 aromatic rings. The van der Waals surface area contributed by atoms with E-state index >= 15 is 0 Å². The van der Waals surface area contributed by atoms with Gasteiger partial charge in [0.05, 0.1) is 37.0 Å². The molecule has 6 nitrogen and oxygen atoms in total. The van der Waals surface area contributed by atoms with Crippen LogP contribution in [0.2, 0.25) is 0 Å². The van der Waals surface area contributed by atoms with Gasteiger partial charge >= 0.3 is 0 Å². The number of hydrogen-bond acceptors (Lipinski definition) is 4. The number of aromatic nitrogens is 4. The Labute approximate surface area is 231 Å². The summed E-state index contributed by atoms with van der Waals surface area (Å²) in [6.07, 6.45) is 8.21. The minimum Gasteiger partial charge on any atom is -0.497 e. The van der Waals surface area contributed by atoms with Crippen LogP contribution in [-0.2, 0) is 0 Å². The number of benzene rings is 2. The fourth-order valence-electron chi connectivity index (χ4n) is 5.16. The van der Waals surface area contributed by atoms with Gasteiger partial charge in [0.2, 0.25) is 0 Å². The topological polar surface area (TPSA) is 54.1 Å². The summed E-state index contributed by atoms with van der Waals surface area (Å²) in [6, 6.07) is 33.0. The van der Waals surface area contributed by atoms with E-state index in [4.69, 9.17) is 19.4 Å². The van der Waals surface area contributed by atoms with Crippen molar-refractivity contribution in [2.45, 2.75) is 0 Å². The van der Waals surface area contributed by atoms with Crippen LogP contribution >= 0.6 is 0 Å². The van der Waals surface area contributed by atoms with Crippen LogP contribution in [0.4, 0.5) is 0 Å². The highest BCUT2D eigenvalue weighted by atomic mass is 16.5. The van der Waals surface area contributed by atoms with Crippen LogP contribution in [0.1, 0.15) is 22.8 Å². The van der Waals surface area contributed by atoms with Crippen molar-refractivity contribution in [1.29, 1.82) is 0 Å². The number of ether oxygens (including phenoxy) is 2. The zero-order valence-electron chi connectivity index (χ0n) is 22.2. The molecule has 0 unspecified atom stereocenters. The first kappa shape index (κ1) is 23.7. The predicted octanol–water partition coefficient (Wildman–Crippen LogP) is 7.60. The normalized spacial score (nSPS) is 12.1. The van der Waals surface area contributed by atoms with Crippen LogP contribution in [-0.4, -0.2) is 33.3 Å². The maximum Gasteiger partial charge on any atom is 0.119 e.